The van der Waals surface area contributed by atoms with Crippen molar-refractivity contribution in [2.24, 2.45) is 0 Å². The maximum atomic E-state index is 12.8. The Morgan fingerprint density at radius 1 is 0.806 bits per heavy atom. The number of carbonyl (C=O) groups excluding carboxylic acids is 1. The molecule has 0 fully saturated rings. The highest BCUT2D eigenvalue weighted by molar-refractivity contribution is 6.05. The van der Waals surface area contributed by atoms with Gasteiger partial charge in [0.05, 0.1) is 13.2 Å². The molecule has 3 aromatic carbocycles. The Morgan fingerprint density at radius 2 is 1.42 bits per heavy atom. The van der Waals surface area contributed by atoms with Gasteiger partial charge in [-0.2, -0.15) is 0 Å². The van der Waals surface area contributed by atoms with Gasteiger partial charge in [0, 0.05) is 17.7 Å². The van der Waals surface area contributed by atoms with Crippen LogP contribution < -0.4 is 14.8 Å². The van der Waals surface area contributed by atoms with Crippen molar-refractivity contribution in [2.45, 2.75) is 40.0 Å². The number of amides is 1. The summed E-state index contributed by atoms with van der Waals surface area (Å²) in [6.45, 7) is 7.40. The first-order chi connectivity index (χ1) is 15.1. The van der Waals surface area contributed by atoms with Crippen LogP contribution in [0, 0.1) is 6.92 Å². The van der Waals surface area contributed by atoms with Crippen molar-refractivity contribution in [3.05, 3.63) is 89.0 Å². The molecule has 0 atom stereocenters. The van der Waals surface area contributed by atoms with Gasteiger partial charge in [-0.1, -0.05) is 44.2 Å². The van der Waals surface area contributed by atoms with Crippen molar-refractivity contribution in [1.82, 2.24) is 0 Å². The Bertz CT molecular complexity index is 973. The van der Waals surface area contributed by atoms with Crippen LogP contribution in [0.15, 0.2) is 66.7 Å². The summed E-state index contributed by atoms with van der Waals surface area (Å²) in [5.74, 6) is 1.52. The minimum atomic E-state index is -0.103. The fourth-order valence-corrected chi connectivity index (χ4v) is 3.44. The van der Waals surface area contributed by atoms with Crippen molar-refractivity contribution >= 4 is 11.6 Å². The van der Waals surface area contributed by atoms with Crippen molar-refractivity contribution in [3.8, 4) is 11.5 Å². The van der Waals surface area contributed by atoms with Crippen molar-refractivity contribution < 1.29 is 14.3 Å². The SMILES string of the molecule is CCc1cccc(CC)c1NC(=O)c1ccc(OCCCOc2cccc(C)c2)cc1. The molecule has 0 saturated carbocycles. The average molecular weight is 418 g/mol. The molecule has 0 aliphatic heterocycles. The van der Waals surface area contributed by atoms with Crippen molar-refractivity contribution in [3.63, 3.8) is 0 Å². The first-order valence-electron chi connectivity index (χ1n) is 10.9. The van der Waals surface area contributed by atoms with E-state index in [1.165, 1.54) is 5.56 Å². The molecule has 0 bridgehead atoms. The second-order valence-corrected chi connectivity index (χ2v) is 7.50. The lowest BCUT2D eigenvalue weighted by atomic mass is 10.0. The minimum Gasteiger partial charge on any atom is -0.493 e. The molecule has 3 aromatic rings. The number of benzene rings is 3. The van der Waals surface area contributed by atoms with Crippen LogP contribution in [0.5, 0.6) is 11.5 Å². The zero-order valence-electron chi connectivity index (χ0n) is 18.6. The van der Waals surface area contributed by atoms with E-state index in [4.69, 9.17) is 9.47 Å². The van der Waals surface area contributed by atoms with E-state index in [2.05, 4.69) is 31.3 Å². The predicted molar refractivity (Wildman–Crippen MR) is 126 cm³/mol. The van der Waals surface area contributed by atoms with Gasteiger partial charge in [0.1, 0.15) is 11.5 Å². The van der Waals surface area contributed by atoms with E-state index in [0.717, 1.165) is 47.6 Å². The molecule has 0 radical (unpaired) electrons. The van der Waals surface area contributed by atoms with Gasteiger partial charge in [0.2, 0.25) is 0 Å². The molecular weight excluding hydrogens is 386 g/mol. The van der Waals surface area contributed by atoms with E-state index in [0.29, 0.717) is 18.8 Å². The molecule has 0 aliphatic rings. The highest BCUT2D eigenvalue weighted by Crippen LogP contribution is 2.24. The molecule has 1 N–H and O–H groups in total. The number of para-hydroxylation sites is 1. The number of aryl methyl sites for hydroxylation is 3. The Balaban J connectivity index is 1.49. The summed E-state index contributed by atoms with van der Waals surface area (Å²) >= 11 is 0. The molecule has 0 unspecified atom stereocenters. The quantitative estimate of drug-likeness (QED) is 0.398. The zero-order chi connectivity index (χ0) is 22.1. The predicted octanol–water partition coefficient (Wildman–Crippen LogP) is 6.22. The summed E-state index contributed by atoms with van der Waals surface area (Å²) in [6.07, 6.45) is 2.54. The maximum absolute atomic E-state index is 12.8. The first-order valence-corrected chi connectivity index (χ1v) is 10.9. The van der Waals surface area contributed by atoms with E-state index in [9.17, 15) is 4.79 Å². The largest absolute Gasteiger partial charge is 0.493 e. The van der Waals surface area contributed by atoms with Gasteiger partial charge in [-0.15, -0.1) is 0 Å². The molecule has 0 aliphatic carbocycles. The standard InChI is InChI=1S/C27H31NO3/c1-4-21-10-7-11-22(5-2)26(21)28-27(29)23-13-15-24(16-14-23)30-17-8-18-31-25-12-6-9-20(3)19-25/h6-7,9-16,19H,4-5,8,17-18H2,1-3H3,(H,28,29). The summed E-state index contributed by atoms with van der Waals surface area (Å²) < 4.78 is 11.5. The number of hydrogen-bond donors (Lipinski definition) is 1. The van der Waals surface area contributed by atoms with Gasteiger partial charge >= 0.3 is 0 Å². The van der Waals surface area contributed by atoms with Crippen LogP contribution in [0.25, 0.3) is 0 Å². The van der Waals surface area contributed by atoms with Crippen LogP contribution in [-0.4, -0.2) is 19.1 Å². The highest BCUT2D eigenvalue weighted by atomic mass is 16.5. The van der Waals surface area contributed by atoms with Crippen LogP contribution in [-0.2, 0) is 12.8 Å². The van der Waals surface area contributed by atoms with Gasteiger partial charge in [-0.25, -0.2) is 0 Å². The van der Waals surface area contributed by atoms with Gasteiger partial charge in [-0.3, -0.25) is 4.79 Å². The number of anilines is 1. The number of ether oxygens (including phenoxy) is 2. The minimum absolute atomic E-state index is 0.103. The lowest BCUT2D eigenvalue weighted by molar-refractivity contribution is 0.102. The van der Waals surface area contributed by atoms with E-state index >= 15 is 0 Å². The molecule has 0 spiro atoms. The van der Waals surface area contributed by atoms with Gasteiger partial charge in [0.15, 0.2) is 0 Å². The fourth-order valence-electron chi connectivity index (χ4n) is 3.44. The third-order valence-electron chi connectivity index (χ3n) is 5.17. The Morgan fingerprint density at radius 3 is 2.03 bits per heavy atom. The van der Waals surface area contributed by atoms with Crippen LogP contribution >= 0.6 is 0 Å². The summed E-state index contributed by atoms with van der Waals surface area (Å²) in [5.41, 5.74) is 5.04. The molecular formula is C27H31NO3. The molecule has 4 heteroatoms. The topological polar surface area (TPSA) is 47.6 Å². The zero-order valence-corrected chi connectivity index (χ0v) is 18.6. The first kappa shape index (κ1) is 22.4. The lowest BCUT2D eigenvalue weighted by Crippen LogP contribution is -2.15. The smallest absolute Gasteiger partial charge is 0.255 e. The highest BCUT2D eigenvalue weighted by Gasteiger charge is 2.12. The second-order valence-electron chi connectivity index (χ2n) is 7.50. The Labute approximate surface area is 185 Å². The third kappa shape index (κ3) is 6.35. The Kier molecular flexibility index (Phi) is 8.11. The molecule has 162 valence electrons. The number of hydrogen-bond acceptors (Lipinski definition) is 3. The normalized spacial score (nSPS) is 10.5. The molecule has 1 amide bonds. The molecule has 3 rings (SSSR count). The monoisotopic (exact) mass is 417 g/mol. The Hall–Kier alpha value is -3.27. The van der Waals surface area contributed by atoms with Gasteiger partial charge in [0.25, 0.3) is 5.91 Å². The lowest BCUT2D eigenvalue weighted by Gasteiger charge is -2.14. The van der Waals surface area contributed by atoms with Gasteiger partial charge < -0.3 is 14.8 Å². The summed E-state index contributed by atoms with van der Waals surface area (Å²) in [7, 11) is 0. The van der Waals surface area contributed by atoms with Crippen LogP contribution in [0.1, 0.15) is 47.3 Å². The van der Waals surface area contributed by atoms with Crippen molar-refractivity contribution in [1.29, 1.82) is 0 Å². The van der Waals surface area contributed by atoms with E-state index in [-0.39, 0.29) is 5.91 Å². The average Bonchev–Trinajstić information content (AvgIpc) is 2.79. The third-order valence-corrected chi connectivity index (χ3v) is 5.17. The molecule has 0 aromatic heterocycles. The molecule has 0 heterocycles. The van der Waals surface area contributed by atoms with E-state index in [1.54, 1.807) is 12.1 Å². The summed E-state index contributed by atoms with van der Waals surface area (Å²) in [5, 5.41) is 3.10. The molecule has 31 heavy (non-hydrogen) atoms. The maximum Gasteiger partial charge on any atom is 0.255 e. The fraction of sp³-hybridized carbons (Fsp3) is 0.296. The number of carbonyl (C=O) groups is 1. The summed E-state index contributed by atoms with van der Waals surface area (Å²) in [6, 6.07) is 21.5. The van der Waals surface area contributed by atoms with Crippen LogP contribution in [0.3, 0.4) is 0 Å². The molecule has 4 nitrogen and oxygen atoms in total. The van der Waals surface area contributed by atoms with E-state index < -0.39 is 0 Å². The second kappa shape index (κ2) is 11.2. The van der Waals surface area contributed by atoms with E-state index in [1.807, 2.05) is 49.4 Å². The number of rotatable bonds is 10. The molecule has 0 saturated heterocycles. The van der Waals surface area contributed by atoms with Gasteiger partial charge in [-0.05, 0) is 72.9 Å². The van der Waals surface area contributed by atoms with Crippen LogP contribution in [0.2, 0.25) is 0 Å². The summed E-state index contributed by atoms with van der Waals surface area (Å²) in [4.78, 5) is 12.8. The number of nitrogens with one attached hydrogen (secondary N) is 1. The van der Waals surface area contributed by atoms with Crippen molar-refractivity contribution in [2.75, 3.05) is 18.5 Å². The van der Waals surface area contributed by atoms with Crippen LogP contribution in [0.4, 0.5) is 5.69 Å².